The van der Waals surface area contributed by atoms with Crippen molar-refractivity contribution in [1.82, 2.24) is 4.90 Å². The minimum absolute atomic E-state index is 0.232. The maximum Gasteiger partial charge on any atom is 0.222 e. The summed E-state index contributed by atoms with van der Waals surface area (Å²) in [5.41, 5.74) is 2.54. The lowest BCUT2D eigenvalue weighted by Crippen LogP contribution is -2.25. The molecule has 0 aromatic heterocycles. The van der Waals surface area contributed by atoms with E-state index in [4.69, 9.17) is 0 Å². The topological polar surface area (TPSA) is 20.3 Å². The molecule has 100 valence electrons. The summed E-state index contributed by atoms with van der Waals surface area (Å²) in [6, 6.07) is 8.50. The molecular formula is C15H22BrNO. The monoisotopic (exact) mass is 311 g/mol. The van der Waals surface area contributed by atoms with Gasteiger partial charge in [0.1, 0.15) is 0 Å². The standard InChI is InChI=1S/C15H22BrNO/c1-3-13-7-9-14(10-8-13)12-17(2)15(18)6-4-5-11-16/h7-10H,3-6,11-12H2,1-2H3. The first-order chi connectivity index (χ1) is 8.67. The third-order valence-corrected chi connectivity index (χ3v) is 3.61. The Balaban J connectivity index is 2.42. The molecule has 0 heterocycles. The van der Waals surface area contributed by atoms with Gasteiger partial charge >= 0.3 is 0 Å². The van der Waals surface area contributed by atoms with Crippen LogP contribution in [0.15, 0.2) is 24.3 Å². The van der Waals surface area contributed by atoms with Crippen LogP contribution in [0.4, 0.5) is 0 Å². The molecule has 0 radical (unpaired) electrons. The van der Waals surface area contributed by atoms with E-state index in [1.807, 2.05) is 11.9 Å². The minimum Gasteiger partial charge on any atom is -0.341 e. The fourth-order valence-corrected chi connectivity index (χ4v) is 2.20. The zero-order valence-electron chi connectivity index (χ0n) is 11.3. The van der Waals surface area contributed by atoms with Crippen molar-refractivity contribution >= 4 is 21.8 Å². The summed E-state index contributed by atoms with van der Waals surface area (Å²) in [4.78, 5) is 13.7. The Morgan fingerprint density at radius 3 is 2.33 bits per heavy atom. The van der Waals surface area contributed by atoms with Crippen LogP contribution in [-0.4, -0.2) is 23.2 Å². The number of hydrogen-bond acceptors (Lipinski definition) is 1. The van der Waals surface area contributed by atoms with Crippen LogP contribution in [0.5, 0.6) is 0 Å². The van der Waals surface area contributed by atoms with Gasteiger partial charge in [0.2, 0.25) is 5.91 Å². The molecule has 1 aromatic carbocycles. The highest BCUT2D eigenvalue weighted by atomic mass is 79.9. The number of hydrogen-bond donors (Lipinski definition) is 0. The van der Waals surface area contributed by atoms with Gasteiger partial charge in [-0.15, -0.1) is 0 Å². The largest absolute Gasteiger partial charge is 0.341 e. The van der Waals surface area contributed by atoms with E-state index in [1.165, 1.54) is 11.1 Å². The molecule has 0 saturated carbocycles. The quantitative estimate of drug-likeness (QED) is 0.554. The second-order valence-electron chi connectivity index (χ2n) is 4.57. The van der Waals surface area contributed by atoms with E-state index < -0.39 is 0 Å². The van der Waals surface area contributed by atoms with Crippen molar-refractivity contribution in [3.63, 3.8) is 0 Å². The van der Waals surface area contributed by atoms with Gasteiger partial charge in [-0.1, -0.05) is 47.1 Å². The summed E-state index contributed by atoms with van der Waals surface area (Å²) in [5.74, 6) is 0.232. The van der Waals surface area contributed by atoms with E-state index in [1.54, 1.807) is 0 Å². The second kappa shape index (κ2) is 8.30. The van der Waals surface area contributed by atoms with Crippen LogP contribution in [-0.2, 0) is 17.8 Å². The van der Waals surface area contributed by atoms with E-state index in [-0.39, 0.29) is 5.91 Å². The van der Waals surface area contributed by atoms with Crippen molar-refractivity contribution in [2.75, 3.05) is 12.4 Å². The molecule has 0 unspecified atom stereocenters. The van der Waals surface area contributed by atoms with Gasteiger partial charge < -0.3 is 4.90 Å². The van der Waals surface area contributed by atoms with Gasteiger partial charge in [-0.2, -0.15) is 0 Å². The van der Waals surface area contributed by atoms with E-state index in [0.717, 1.165) is 24.6 Å². The molecule has 0 spiro atoms. The Kier molecular flexibility index (Phi) is 7.02. The predicted octanol–water partition coefficient (Wildman–Crippen LogP) is 3.77. The molecule has 0 fully saturated rings. The molecule has 1 aromatic rings. The first kappa shape index (κ1) is 15.2. The molecule has 0 aliphatic rings. The van der Waals surface area contributed by atoms with Crippen molar-refractivity contribution in [1.29, 1.82) is 0 Å². The van der Waals surface area contributed by atoms with Gasteiger partial charge in [0, 0.05) is 25.3 Å². The Labute approximate surface area is 119 Å². The summed E-state index contributed by atoms with van der Waals surface area (Å²) in [6.45, 7) is 2.85. The van der Waals surface area contributed by atoms with Crippen LogP contribution < -0.4 is 0 Å². The average Bonchev–Trinajstić information content (AvgIpc) is 2.39. The minimum atomic E-state index is 0.232. The lowest BCUT2D eigenvalue weighted by atomic mass is 10.1. The van der Waals surface area contributed by atoms with Crippen LogP contribution in [0.1, 0.15) is 37.3 Å². The maximum atomic E-state index is 11.9. The third-order valence-electron chi connectivity index (χ3n) is 3.05. The zero-order valence-corrected chi connectivity index (χ0v) is 12.9. The Morgan fingerprint density at radius 2 is 1.78 bits per heavy atom. The van der Waals surface area contributed by atoms with Crippen molar-refractivity contribution < 1.29 is 4.79 Å². The Hall–Kier alpha value is -0.830. The highest BCUT2D eigenvalue weighted by Gasteiger charge is 2.08. The molecule has 1 rings (SSSR count). The number of nitrogens with zero attached hydrogens (tertiary/aromatic N) is 1. The summed E-state index contributed by atoms with van der Waals surface area (Å²) in [6.07, 6.45) is 3.73. The van der Waals surface area contributed by atoms with Crippen molar-refractivity contribution in [3.8, 4) is 0 Å². The number of alkyl halides is 1. The molecule has 2 nitrogen and oxygen atoms in total. The number of rotatable bonds is 7. The lowest BCUT2D eigenvalue weighted by Gasteiger charge is -2.17. The molecule has 0 N–H and O–H groups in total. The van der Waals surface area contributed by atoms with E-state index in [0.29, 0.717) is 13.0 Å². The molecule has 18 heavy (non-hydrogen) atoms. The number of aryl methyl sites for hydroxylation is 1. The second-order valence-corrected chi connectivity index (χ2v) is 5.36. The predicted molar refractivity (Wildman–Crippen MR) is 79.9 cm³/mol. The molecular weight excluding hydrogens is 290 g/mol. The number of halogens is 1. The number of carbonyl (C=O) groups excluding carboxylic acids is 1. The first-order valence-corrected chi connectivity index (χ1v) is 7.67. The normalized spacial score (nSPS) is 10.4. The SMILES string of the molecule is CCc1ccc(CN(C)C(=O)CCCCBr)cc1. The Bertz CT molecular complexity index is 361. The maximum absolute atomic E-state index is 11.9. The summed E-state index contributed by atoms with van der Waals surface area (Å²) >= 11 is 3.38. The molecule has 0 aliphatic carbocycles. The smallest absolute Gasteiger partial charge is 0.222 e. The number of benzene rings is 1. The van der Waals surface area contributed by atoms with E-state index >= 15 is 0 Å². The lowest BCUT2D eigenvalue weighted by molar-refractivity contribution is -0.130. The summed E-state index contributed by atoms with van der Waals surface area (Å²) in [7, 11) is 1.88. The van der Waals surface area contributed by atoms with Crippen molar-refractivity contribution in [3.05, 3.63) is 35.4 Å². The van der Waals surface area contributed by atoms with Crippen LogP contribution in [0.25, 0.3) is 0 Å². The third kappa shape index (κ3) is 5.21. The van der Waals surface area contributed by atoms with Crippen molar-refractivity contribution in [2.24, 2.45) is 0 Å². The average molecular weight is 312 g/mol. The summed E-state index contributed by atoms with van der Waals surface area (Å²) < 4.78 is 0. The molecule has 0 atom stereocenters. The fraction of sp³-hybridized carbons (Fsp3) is 0.533. The molecule has 3 heteroatoms. The molecule has 0 aliphatic heterocycles. The van der Waals surface area contributed by atoms with Gasteiger partial charge in [-0.05, 0) is 30.4 Å². The summed E-state index contributed by atoms with van der Waals surface area (Å²) in [5, 5.41) is 0.975. The number of unbranched alkanes of at least 4 members (excludes halogenated alkanes) is 1. The van der Waals surface area contributed by atoms with Gasteiger partial charge in [-0.3, -0.25) is 4.79 Å². The Morgan fingerprint density at radius 1 is 1.17 bits per heavy atom. The highest BCUT2D eigenvalue weighted by Crippen LogP contribution is 2.09. The van der Waals surface area contributed by atoms with Gasteiger partial charge in [0.15, 0.2) is 0 Å². The highest BCUT2D eigenvalue weighted by molar-refractivity contribution is 9.09. The van der Waals surface area contributed by atoms with Gasteiger partial charge in [0.25, 0.3) is 0 Å². The molecule has 1 amide bonds. The number of carbonyl (C=O) groups is 1. The van der Waals surface area contributed by atoms with Crippen LogP contribution in [0, 0.1) is 0 Å². The van der Waals surface area contributed by atoms with Crippen LogP contribution in [0.2, 0.25) is 0 Å². The molecule has 0 saturated heterocycles. The van der Waals surface area contributed by atoms with Crippen LogP contribution in [0.3, 0.4) is 0 Å². The fourth-order valence-electron chi connectivity index (χ4n) is 1.80. The first-order valence-electron chi connectivity index (χ1n) is 6.55. The van der Waals surface area contributed by atoms with Crippen molar-refractivity contribution in [2.45, 2.75) is 39.2 Å². The van der Waals surface area contributed by atoms with E-state index in [9.17, 15) is 4.79 Å². The van der Waals surface area contributed by atoms with E-state index in [2.05, 4.69) is 47.1 Å². The van der Waals surface area contributed by atoms with Crippen LogP contribution >= 0.6 is 15.9 Å². The zero-order chi connectivity index (χ0) is 13.4. The number of amides is 1. The molecule has 0 bridgehead atoms. The van der Waals surface area contributed by atoms with Gasteiger partial charge in [0.05, 0.1) is 0 Å². The van der Waals surface area contributed by atoms with Gasteiger partial charge in [-0.25, -0.2) is 0 Å².